The number of benzene rings is 1. The first-order valence-corrected chi connectivity index (χ1v) is 15.1. The fourth-order valence-corrected chi connectivity index (χ4v) is 5.62. The first-order valence-electron chi connectivity index (χ1n) is 13.6. The molecule has 1 atom stereocenters. The Hall–Kier alpha value is -4.99. The van der Waals surface area contributed by atoms with Gasteiger partial charge in [0.05, 0.1) is 35.0 Å². The maximum absolute atomic E-state index is 15.1. The molecule has 3 heterocycles. The molecule has 16 heteroatoms. The molecular formula is C28H28F2N8O5S. The van der Waals surface area contributed by atoms with Crippen LogP contribution in [0, 0.1) is 11.6 Å². The molecule has 0 saturated heterocycles. The summed E-state index contributed by atoms with van der Waals surface area (Å²) in [5.74, 6) is -4.32. The van der Waals surface area contributed by atoms with Crippen LogP contribution < -0.4 is 15.8 Å². The summed E-state index contributed by atoms with van der Waals surface area (Å²) in [5.41, 5.74) is 5.41. The molecule has 0 aliphatic heterocycles. The van der Waals surface area contributed by atoms with E-state index in [4.69, 9.17) is 10.5 Å². The summed E-state index contributed by atoms with van der Waals surface area (Å²) in [6.07, 6.45) is 9.07. The number of pyridine rings is 2. The number of nitrogens with zero attached hydrogens (tertiary/aromatic N) is 5. The summed E-state index contributed by atoms with van der Waals surface area (Å²) < 4.78 is 64.7. The quantitative estimate of drug-likeness (QED) is 0.221. The molecule has 44 heavy (non-hydrogen) atoms. The second-order valence-corrected chi connectivity index (χ2v) is 11.8. The molecule has 0 radical (unpaired) electrons. The van der Waals surface area contributed by atoms with E-state index in [1.807, 2.05) is 4.72 Å². The minimum Gasteiger partial charge on any atom is -0.461 e. The summed E-state index contributed by atoms with van der Waals surface area (Å²) in [5, 5.41) is 5.85. The van der Waals surface area contributed by atoms with Gasteiger partial charge >= 0.3 is 5.97 Å². The van der Waals surface area contributed by atoms with Crippen LogP contribution >= 0.6 is 0 Å². The molecule has 0 unspecified atom stereocenters. The van der Waals surface area contributed by atoms with Gasteiger partial charge in [-0.05, 0) is 56.0 Å². The molecule has 1 aromatic carbocycles. The van der Waals surface area contributed by atoms with Crippen molar-refractivity contribution in [1.82, 2.24) is 30.0 Å². The van der Waals surface area contributed by atoms with E-state index in [2.05, 4.69) is 25.4 Å². The number of halogens is 2. The average Bonchev–Trinajstić information content (AvgIpc) is 3.55. The Labute approximate surface area is 250 Å². The number of nitrogen functional groups attached to an aromatic ring is 1. The number of ether oxygens (including phenoxy) is 1. The van der Waals surface area contributed by atoms with Crippen molar-refractivity contribution in [1.29, 1.82) is 0 Å². The van der Waals surface area contributed by atoms with E-state index in [9.17, 15) is 18.0 Å². The highest BCUT2D eigenvalue weighted by molar-refractivity contribution is 7.92. The van der Waals surface area contributed by atoms with Gasteiger partial charge in [-0.2, -0.15) is 13.5 Å². The topological polar surface area (TPSA) is 184 Å². The van der Waals surface area contributed by atoms with Gasteiger partial charge in [0.2, 0.25) is 0 Å². The number of hydrogen-bond acceptors (Lipinski definition) is 10. The SMILES string of the molecule is Nc1ccc(C[C@H](NC(=O)c2cc(F)c(NS(=O)(=O)c3ccc(-n4cncn4)cn3)cc2F)C(=O)OC2CCCCC2)nc1. The second kappa shape index (κ2) is 13.1. The van der Waals surface area contributed by atoms with Crippen molar-refractivity contribution in [3.8, 4) is 5.69 Å². The van der Waals surface area contributed by atoms with E-state index in [-0.39, 0.29) is 12.5 Å². The number of sulfonamides is 1. The smallest absolute Gasteiger partial charge is 0.329 e. The summed E-state index contributed by atoms with van der Waals surface area (Å²) in [6.45, 7) is 0. The molecular weight excluding hydrogens is 598 g/mol. The van der Waals surface area contributed by atoms with Gasteiger partial charge in [-0.25, -0.2) is 28.2 Å². The van der Waals surface area contributed by atoms with E-state index >= 15 is 8.78 Å². The molecule has 1 aliphatic carbocycles. The summed E-state index contributed by atoms with van der Waals surface area (Å²) >= 11 is 0. The molecule has 1 amide bonds. The first-order chi connectivity index (χ1) is 21.1. The number of carbonyl (C=O) groups excluding carboxylic acids is 2. The normalized spacial score (nSPS) is 14.5. The van der Waals surface area contributed by atoms with E-state index in [1.165, 1.54) is 35.8 Å². The van der Waals surface area contributed by atoms with E-state index in [1.54, 1.807) is 12.1 Å². The van der Waals surface area contributed by atoms with Gasteiger partial charge in [-0.15, -0.1) is 0 Å². The Bertz CT molecular complexity index is 1730. The Kier molecular flexibility index (Phi) is 9.08. The van der Waals surface area contributed by atoms with Crippen LogP contribution in [0.1, 0.15) is 48.2 Å². The molecule has 230 valence electrons. The lowest BCUT2D eigenvalue weighted by molar-refractivity contribution is -0.152. The number of nitrogens with two attached hydrogens (primary N) is 1. The molecule has 5 rings (SSSR count). The molecule has 0 spiro atoms. The van der Waals surface area contributed by atoms with E-state index < -0.39 is 55.9 Å². The third-order valence-electron chi connectivity index (χ3n) is 6.91. The fourth-order valence-electron chi connectivity index (χ4n) is 4.63. The van der Waals surface area contributed by atoms with Gasteiger partial charge in [0.1, 0.15) is 36.4 Å². The van der Waals surface area contributed by atoms with Gasteiger partial charge in [0.25, 0.3) is 15.9 Å². The molecule has 1 saturated carbocycles. The predicted octanol–water partition coefficient (Wildman–Crippen LogP) is 2.94. The van der Waals surface area contributed by atoms with Gasteiger partial charge in [0, 0.05) is 18.2 Å². The van der Waals surface area contributed by atoms with Crippen LogP contribution in [0.25, 0.3) is 5.69 Å². The zero-order valence-electron chi connectivity index (χ0n) is 23.2. The van der Waals surface area contributed by atoms with Crippen molar-refractivity contribution in [2.75, 3.05) is 10.5 Å². The molecule has 3 aromatic heterocycles. The fraction of sp³-hybridized carbons (Fsp3) is 0.286. The second-order valence-electron chi connectivity index (χ2n) is 10.1. The van der Waals surface area contributed by atoms with Crippen molar-refractivity contribution in [3.05, 3.63) is 84.3 Å². The van der Waals surface area contributed by atoms with Crippen LogP contribution in [-0.2, 0) is 26.0 Å². The Morgan fingerprint density at radius 3 is 2.50 bits per heavy atom. The Balaban J connectivity index is 1.32. The van der Waals surface area contributed by atoms with Crippen LogP contribution in [0.3, 0.4) is 0 Å². The van der Waals surface area contributed by atoms with Crippen molar-refractivity contribution in [2.45, 2.75) is 55.7 Å². The highest BCUT2D eigenvalue weighted by Crippen LogP contribution is 2.24. The summed E-state index contributed by atoms with van der Waals surface area (Å²) in [6, 6.07) is 5.49. The third kappa shape index (κ3) is 7.31. The van der Waals surface area contributed by atoms with Crippen molar-refractivity contribution >= 4 is 33.3 Å². The van der Waals surface area contributed by atoms with E-state index in [0.717, 1.165) is 25.3 Å². The van der Waals surface area contributed by atoms with Gasteiger partial charge in [-0.1, -0.05) is 6.42 Å². The zero-order valence-corrected chi connectivity index (χ0v) is 24.0. The van der Waals surface area contributed by atoms with Crippen molar-refractivity contribution in [2.24, 2.45) is 0 Å². The van der Waals surface area contributed by atoms with Gasteiger partial charge < -0.3 is 15.8 Å². The largest absolute Gasteiger partial charge is 0.461 e. The predicted molar refractivity (Wildman–Crippen MR) is 153 cm³/mol. The van der Waals surface area contributed by atoms with Gasteiger partial charge in [-0.3, -0.25) is 14.5 Å². The maximum atomic E-state index is 15.1. The number of anilines is 2. The van der Waals surface area contributed by atoms with Crippen LogP contribution in [0.2, 0.25) is 0 Å². The molecule has 13 nitrogen and oxygen atoms in total. The molecule has 4 aromatic rings. The Morgan fingerprint density at radius 2 is 1.84 bits per heavy atom. The lowest BCUT2D eigenvalue weighted by Crippen LogP contribution is -2.45. The van der Waals surface area contributed by atoms with Crippen LogP contribution in [-0.4, -0.2) is 57.2 Å². The number of rotatable bonds is 10. The number of hydrogen-bond donors (Lipinski definition) is 3. The molecule has 0 bridgehead atoms. The first kappa shape index (κ1) is 30.5. The van der Waals surface area contributed by atoms with Crippen LogP contribution in [0.15, 0.2) is 66.5 Å². The summed E-state index contributed by atoms with van der Waals surface area (Å²) in [4.78, 5) is 38.0. The maximum Gasteiger partial charge on any atom is 0.329 e. The standard InChI is InChI=1S/C28H28F2N8O5S/c29-22-12-24(37-44(41,42)26-9-8-19(14-34-26)38-16-32-15-35-38)23(30)11-21(22)27(39)36-25(10-18-7-6-17(31)13-33-18)28(40)43-20-4-2-1-3-5-20/h6-9,11-16,20,25,37H,1-5,10,31H2,(H,36,39)/t25-/m0/s1. The lowest BCUT2D eigenvalue weighted by Gasteiger charge is -2.25. The number of carbonyl (C=O) groups is 2. The number of nitrogens with one attached hydrogen (secondary N) is 2. The zero-order chi connectivity index (χ0) is 31.3. The van der Waals surface area contributed by atoms with Gasteiger partial charge in [0.15, 0.2) is 5.03 Å². The Morgan fingerprint density at radius 1 is 1.05 bits per heavy atom. The number of esters is 1. The van der Waals surface area contributed by atoms with Crippen molar-refractivity contribution < 1.29 is 31.5 Å². The average molecular weight is 627 g/mol. The van der Waals surface area contributed by atoms with Crippen LogP contribution in [0.5, 0.6) is 0 Å². The number of aromatic nitrogens is 5. The molecule has 1 aliphatic rings. The summed E-state index contributed by atoms with van der Waals surface area (Å²) in [7, 11) is -4.44. The molecule has 1 fully saturated rings. The third-order valence-corrected chi connectivity index (χ3v) is 8.19. The van der Waals surface area contributed by atoms with Crippen molar-refractivity contribution in [3.63, 3.8) is 0 Å². The molecule has 4 N–H and O–H groups in total. The monoisotopic (exact) mass is 626 g/mol. The lowest BCUT2D eigenvalue weighted by atomic mass is 9.97. The van der Waals surface area contributed by atoms with Crippen LogP contribution in [0.4, 0.5) is 20.2 Å². The minimum absolute atomic E-state index is 0.0950. The minimum atomic E-state index is -4.44. The van der Waals surface area contributed by atoms with E-state index in [0.29, 0.717) is 42.0 Å². The number of amides is 1. The highest BCUT2D eigenvalue weighted by Gasteiger charge is 2.29. The highest BCUT2D eigenvalue weighted by atomic mass is 32.2.